The first-order valence-corrected chi connectivity index (χ1v) is 22.7. The Morgan fingerprint density at radius 2 is 1.56 bits per heavy atom. The second kappa shape index (κ2) is 16.3. The van der Waals surface area contributed by atoms with Crippen LogP contribution in [0.1, 0.15) is 107 Å². The smallest absolute Gasteiger partial charge is 0.411 e. The molecule has 14 nitrogen and oxygen atoms in total. The SMILES string of the molecule is COC(=O)NC(C(=O)N1C2CC2C[C@H]1c1nc2ccc(-c3ccc(-c4ccc(-c5cnc([C@@H]6CCCN6C(=O)[C@@H](NC(=O)OC)C(C)C)[nH]5)cc4)c4c3CC3CCC43)cc2[nH]1)=C(C)C. The minimum Gasteiger partial charge on any atom is -0.453 e. The van der Waals surface area contributed by atoms with Crippen LogP contribution in [0.4, 0.5) is 9.59 Å². The maximum atomic E-state index is 14.0. The standard InChI is InChI=1S/C50H56N8O6/c1-25(2)43(55-49(61)63-5)47(59)57-19-7-8-39(57)45-51-24-38(54-45)28-11-9-27(10-12-28)33-17-16-32(35-20-29-13-15-34(29)42(33)35)30-14-18-36-37(21-30)53-46(52-36)41-23-31-22-40(31)58(41)48(60)44(26(3)4)56-50(62)64-6/h9-12,14,16-18,21,24-25,29,31,34,39-41,43H,7-8,13,15,19-20,22-23H2,1-6H3,(H,51,54)(H,52,53)(H,55,61)(H,56,62)/t29?,31?,34?,39-,40?,41-,43-/m0/s1. The summed E-state index contributed by atoms with van der Waals surface area (Å²) in [6, 6.07) is 18.8. The number of carbonyl (C=O) groups excluding carboxylic acids is 4. The number of carbonyl (C=O) groups is 4. The highest BCUT2D eigenvalue weighted by atomic mass is 16.5. The molecule has 14 heteroatoms. The fraction of sp³-hybridized carbons (Fsp3) is 0.440. The third-order valence-corrected chi connectivity index (χ3v) is 14.5. The highest BCUT2D eigenvalue weighted by molar-refractivity contribution is 5.98. The Bertz CT molecular complexity index is 2710. The molecule has 3 aromatic carbocycles. The molecule has 10 rings (SSSR count). The van der Waals surface area contributed by atoms with E-state index in [2.05, 4.69) is 75.2 Å². The molecular weight excluding hydrogens is 809 g/mol. The zero-order chi connectivity index (χ0) is 44.6. The Kier molecular flexibility index (Phi) is 10.6. The van der Waals surface area contributed by atoms with Crippen LogP contribution in [0.3, 0.4) is 0 Å². The van der Waals surface area contributed by atoms with Gasteiger partial charge in [-0.15, -0.1) is 0 Å². The normalized spacial score (nSPS) is 23.2. The molecule has 5 aromatic rings. The van der Waals surface area contributed by atoms with E-state index in [-0.39, 0.29) is 41.6 Å². The number of H-pyrrole nitrogens is 2. The van der Waals surface area contributed by atoms with Crippen LogP contribution in [0, 0.1) is 17.8 Å². The van der Waals surface area contributed by atoms with Gasteiger partial charge in [0.05, 0.1) is 49.2 Å². The Morgan fingerprint density at radius 1 is 0.812 bits per heavy atom. The largest absolute Gasteiger partial charge is 0.453 e. The summed E-state index contributed by atoms with van der Waals surface area (Å²) in [4.78, 5) is 72.5. The van der Waals surface area contributed by atoms with Crippen molar-refractivity contribution in [3.05, 3.63) is 94.8 Å². The summed E-state index contributed by atoms with van der Waals surface area (Å²) in [7, 11) is 2.60. The molecule has 0 spiro atoms. The number of piperidine rings is 1. The fourth-order valence-corrected chi connectivity index (χ4v) is 11.0. The van der Waals surface area contributed by atoms with Gasteiger partial charge in [0.15, 0.2) is 0 Å². The van der Waals surface area contributed by atoms with Crippen molar-refractivity contribution in [2.45, 2.75) is 103 Å². The number of hydrogen-bond acceptors (Lipinski definition) is 8. The number of aromatic nitrogens is 4. The van der Waals surface area contributed by atoms with Crippen LogP contribution in [0.15, 0.2) is 72.1 Å². The van der Waals surface area contributed by atoms with Gasteiger partial charge in [0, 0.05) is 12.6 Å². The molecule has 2 aliphatic heterocycles. The molecular formula is C50H56N8O6. The summed E-state index contributed by atoms with van der Waals surface area (Å²) < 4.78 is 9.61. The minimum atomic E-state index is -0.685. The molecule has 4 N–H and O–H groups in total. The van der Waals surface area contributed by atoms with Crippen LogP contribution in [0.5, 0.6) is 0 Å². The predicted molar refractivity (Wildman–Crippen MR) is 242 cm³/mol. The van der Waals surface area contributed by atoms with E-state index in [0.717, 1.165) is 77.2 Å². The van der Waals surface area contributed by atoms with Gasteiger partial charge in [0.25, 0.3) is 5.91 Å². The van der Waals surface area contributed by atoms with Crippen LogP contribution < -0.4 is 10.6 Å². The van der Waals surface area contributed by atoms with Crippen molar-refractivity contribution in [1.29, 1.82) is 0 Å². The molecule has 4 unspecified atom stereocenters. The number of hydrogen-bond donors (Lipinski definition) is 4. The average molecular weight is 865 g/mol. The third kappa shape index (κ3) is 7.20. The van der Waals surface area contributed by atoms with Gasteiger partial charge in [0.2, 0.25) is 5.91 Å². The first-order valence-electron chi connectivity index (χ1n) is 22.7. The zero-order valence-corrected chi connectivity index (χ0v) is 37.3. The van der Waals surface area contributed by atoms with Gasteiger partial charge in [-0.05, 0) is 139 Å². The average Bonchev–Trinajstić information content (AvgIpc) is 3.87. The van der Waals surface area contributed by atoms with E-state index in [1.165, 1.54) is 54.9 Å². The number of benzene rings is 3. The molecule has 0 radical (unpaired) electrons. The van der Waals surface area contributed by atoms with E-state index in [9.17, 15) is 19.2 Å². The van der Waals surface area contributed by atoms with Crippen molar-refractivity contribution in [2.24, 2.45) is 17.8 Å². The number of nitrogens with zero attached hydrogens (tertiary/aromatic N) is 4. The number of fused-ring (bicyclic) bond motifs is 5. The molecule has 2 aromatic heterocycles. The van der Waals surface area contributed by atoms with Crippen molar-refractivity contribution in [3.63, 3.8) is 0 Å². The number of rotatable bonds is 10. The maximum absolute atomic E-state index is 14.0. The fourth-order valence-electron chi connectivity index (χ4n) is 11.0. The molecule has 4 fully saturated rings. The number of aromatic amines is 2. The van der Waals surface area contributed by atoms with Crippen LogP contribution in [0.25, 0.3) is 44.5 Å². The maximum Gasteiger partial charge on any atom is 0.411 e. The summed E-state index contributed by atoms with van der Waals surface area (Å²) in [6.07, 6.45) is 7.52. The topological polar surface area (TPSA) is 175 Å². The first kappa shape index (κ1) is 41.6. The highest BCUT2D eigenvalue weighted by Crippen LogP contribution is 2.57. The Hall–Kier alpha value is -6.44. The Balaban J connectivity index is 0.892. The number of ether oxygens (including phenoxy) is 2. The third-order valence-electron chi connectivity index (χ3n) is 14.5. The van der Waals surface area contributed by atoms with Crippen molar-refractivity contribution >= 4 is 35.0 Å². The van der Waals surface area contributed by atoms with Gasteiger partial charge in [-0.2, -0.15) is 0 Å². The van der Waals surface area contributed by atoms with Crippen LogP contribution >= 0.6 is 0 Å². The van der Waals surface area contributed by atoms with E-state index >= 15 is 0 Å². The Labute approximate surface area is 372 Å². The van der Waals surface area contributed by atoms with Gasteiger partial charge in [-0.25, -0.2) is 19.6 Å². The molecule has 5 aliphatic rings. The molecule has 64 heavy (non-hydrogen) atoms. The van der Waals surface area contributed by atoms with Gasteiger partial charge in [0.1, 0.15) is 23.4 Å². The van der Waals surface area contributed by atoms with Gasteiger partial charge < -0.3 is 34.6 Å². The first-order chi connectivity index (χ1) is 30.9. The van der Waals surface area contributed by atoms with Crippen molar-refractivity contribution < 1.29 is 28.7 Å². The highest BCUT2D eigenvalue weighted by Gasteiger charge is 2.56. The second-order valence-electron chi connectivity index (χ2n) is 18.9. The zero-order valence-electron chi connectivity index (χ0n) is 37.3. The minimum absolute atomic E-state index is 0.103. The van der Waals surface area contributed by atoms with Crippen LogP contribution in [-0.4, -0.2) is 86.6 Å². The summed E-state index contributed by atoms with van der Waals surface area (Å²) in [6.45, 7) is 8.07. The van der Waals surface area contributed by atoms with E-state index in [1.54, 1.807) is 0 Å². The van der Waals surface area contributed by atoms with E-state index < -0.39 is 18.2 Å². The number of methoxy groups -OCH3 is 2. The van der Waals surface area contributed by atoms with Gasteiger partial charge in [-0.1, -0.05) is 56.3 Å². The van der Waals surface area contributed by atoms with Crippen molar-refractivity contribution in [3.8, 4) is 33.5 Å². The van der Waals surface area contributed by atoms with Gasteiger partial charge in [-0.3, -0.25) is 14.9 Å². The van der Waals surface area contributed by atoms with Crippen LogP contribution in [0.2, 0.25) is 0 Å². The molecule has 0 bridgehead atoms. The van der Waals surface area contributed by atoms with E-state index in [4.69, 9.17) is 19.4 Å². The monoisotopic (exact) mass is 864 g/mol. The lowest BCUT2D eigenvalue weighted by atomic mass is 9.73. The lowest BCUT2D eigenvalue weighted by Crippen LogP contribution is -2.51. The number of nitrogens with one attached hydrogen (secondary N) is 4. The number of amides is 4. The molecule has 4 heterocycles. The van der Waals surface area contributed by atoms with E-state index in [1.807, 2.05) is 43.7 Å². The summed E-state index contributed by atoms with van der Waals surface area (Å²) in [5.74, 6) is 2.72. The predicted octanol–water partition coefficient (Wildman–Crippen LogP) is 8.69. The summed E-state index contributed by atoms with van der Waals surface area (Å²) >= 11 is 0. The Morgan fingerprint density at radius 3 is 2.28 bits per heavy atom. The molecule has 2 saturated heterocycles. The number of allylic oxidation sites excluding steroid dienone is 1. The summed E-state index contributed by atoms with van der Waals surface area (Å²) in [5, 5.41) is 5.38. The molecule has 3 aliphatic carbocycles. The molecule has 4 amide bonds. The lowest BCUT2D eigenvalue weighted by molar-refractivity contribution is -0.135. The molecule has 2 saturated carbocycles. The van der Waals surface area contributed by atoms with Crippen molar-refractivity contribution in [2.75, 3.05) is 20.8 Å². The van der Waals surface area contributed by atoms with Crippen molar-refractivity contribution in [1.82, 2.24) is 40.4 Å². The quantitative estimate of drug-likeness (QED) is 0.101. The summed E-state index contributed by atoms with van der Waals surface area (Å²) in [5.41, 5.74) is 12.5. The van der Waals surface area contributed by atoms with E-state index in [0.29, 0.717) is 24.3 Å². The lowest BCUT2D eigenvalue weighted by Gasteiger charge is -2.31. The number of imidazole rings is 2. The number of alkyl carbamates (subject to hydrolysis) is 2. The second-order valence-corrected chi connectivity index (χ2v) is 18.9. The molecule has 7 atom stereocenters. The molecule has 332 valence electrons. The number of likely N-dealkylation sites (tertiary alicyclic amines) is 2. The van der Waals surface area contributed by atoms with Gasteiger partial charge >= 0.3 is 12.2 Å². The van der Waals surface area contributed by atoms with Crippen LogP contribution in [-0.2, 0) is 25.5 Å².